The molecular formula is C14H13N3O4S. The first kappa shape index (κ1) is 14.5. The van der Waals surface area contributed by atoms with Crippen LogP contribution in [0.3, 0.4) is 0 Å². The van der Waals surface area contributed by atoms with Crippen LogP contribution in [-0.2, 0) is 19.1 Å². The summed E-state index contributed by atoms with van der Waals surface area (Å²) >= 11 is 1.37. The first-order chi connectivity index (χ1) is 10.3. The zero-order valence-electron chi connectivity index (χ0n) is 12.2. The summed E-state index contributed by atoms with van der Waals surface area (Å²) < 4.78 is 10.9. The minimum absolute atomic E-state index is 0.435. The number of hydrogen-bond acceptors (Lipinski definition) is 8. The molecule has 0 saturated carbocycles. The van der Waals surface area contributed by atoms with E-state index in [9.17, 15) is 9.59 Å². The number of aryl methyl sites for hydroxylation is 1. The lowest BCUT2D eigenvalue weighted by Gasteiger charge is -2.28. The Labute approximate surface area is 129 Å². The van der Waals surface area contributed by atoms with Gasteiger partial charge in [0.15, 0.2) is 0 Å². The molecule has 0 bridgehead atoms. The molecule has 1 aromatic heterocycles. The van der Waals surface area contributed by atoms with Crippen molar-refractivity contribution < 1.29 is 19.1 Å². The van der Waals surface area contributed by atoms with Crippen LogP contribution in [0.15, 0.2) is 23.3 Å². The van der Waals surface area contributed by atoms with Gasteiger partial charge >= 0.3 is 11.9 Å². The standard InChI is InChI=1S/C14H13N3O4S/c1-7-4-5-8-9(6-7)22-13(15-8)17-16-10-11(18)20-14(2,3)21-12(10)19/h4-6H,1-3H3,(H,15,17). The van der Waals surface area contributed by atoms with Crippen LogP contribution in [0.4, 0.5) is 5.13 Å². The molecule has 22 heavy (non-hydrogen) atoms. The number of carbonyl (C=O) groups excluding carboxylic acids is 2. The van der Waals surface area contributed by atoms with Gasteiger partial charge in [-0.05, 0) is 24.6 Å². The fourth-order valence-electron chi connectivity index (χ4n) is 1.92. The number of aromatic nitrogens is 1. The molecule has 7 nitrogen and oxygen atoms in total. The Hall–Kier alpha value is -2.48. The van der Waals surface area contributed by atoms with Crippen molar-refractivity contribution in [2.75, 3.05) is 5.43 Å². The topological polar surface area (TPSA) is 89.9 Å². The monoisotopic (exact) mass is 319 g/mol. The molecule has 0 unspecified atom stereocenters. The van der Waals surface area contributed by atoms with Crippen molar-refractivity contribution in [2.24, 2.45) is 5.10 Å². The molecule has 2 aromatic rings. The largest absolute Gasteiger partial charge is 0.418 e. The van der Waals surface area contributed by atoms with Gasteiger partial charge in [-0.25, -0.2) is 14.6 Å². The van der Waals surface area contributed by atoms with E-state index in [1.54, 1.807) is 0 Å². The van der Waals surface area contributed by atoms with Gasteiger partial charge in [-0.1, -0.05) is 17.4 Å². The molecule has 1 N–H and O–H groups in total. The van der Waals surface area contributed by atoms with E-state index >= 15 is 0 Å². The van der Waals surface area contributed by atoms with Crippen LogP contribution in [0.1, 0.15) is 19.4 Å². The molecule has 0 spiro atoms. The summed E-state index contributed by atoms with van der Waals surface area (Å²) in [6.45, 7) is 4.94. The highest BCUT2D eigenvalue weighted by Crippen LogP contribution is 2.27. The summed E-state index contributed by atoms with van der Waals surface area (Å²) in [5, 5.41) is 4.24. The Kier molecular flexibility index (Phi) is 3.32. The number of nitrogens with one attached hydrogen (secondary N) is 1. The lowest BCUT2D eigenvalue weighted by molar-refractivity contribution is -0.214. The van der Waals surface area contributed by atoms with Gasteiger partial charge in [0.1, 0.15) is 0 Å². The zero-order valence-corrected chi connectivity index (χ0v) is 13.0. The van der Waals surface area contributed by atoms with Crippen LogP contribution in [0.25, 0.3) is 10.2 Å². The molecule has 0 atom stereocenters. The molecule has 1 saturated heterocycles. The number of fused-ring (bicyclic) bond motifs is 1. The second kappa shape index (κ2) is 5.06. The van der Waals surface area contributed by atoms with Crippen LogP contribution < -0.4 is 5.43 Å². The number of thiazole rings is 1. The predicted octanol–water partition coefficient (Wildman–Crippen LogP) is 2.21. The van der Waals surface area contributed by atoms with Crippen molar-refractivity contribution in [3.05, 3.63) is 23.8 Å². The van der Waals surface area contributed by atoms with E-state index in [1.807, 2.05) is 25.1 Å². The Bertz CT molecular complexity index is 788. The highest BCUT2D eigenvalue weighted by Gasteiger charge is 2.40. The summed E-state index contributed by atoms with van der Waals surface area (Å²) in [6.07, 6.45) is 0. The normalized spacial score (nSPS) is 17.1. The van der Waals surface area contributed by atoms with Crippen molar-refractivity contribution >= 4 is 44.3 Å². The van der Waals surface area contributed by atoms with Crippen molar-refractivity contribution in [3.63, 3.8) is 0 Å². The van der Waals surface area contributed by atoms with Gasteiger partial charge in [0, 0.05) is 13.8 Å². The molecule has 0 amide bonds. The smallest absolute Gasteiger partial charge is 0.369 e. The number of hydrazone groups is 1. The maximum Gasteiger partial charge on any atom is 0.369 e. The van der Waals surface area contributed by atoms with E-state index in [1.165, 1.54) is 25.2 Å². The molecule has 0 aliphatic carbocycles. The maximum atomic E-state index is 11.7. The van der Waals surface area contributed by atoms with Crippen molar-refractivity contribution in [1.82, 2.24) is 4.98 Å². The molecule has 3 rings (SSSR count). The number of nitrogens with zero attached hydrogens (tertiary/aromatic N) is 2. The van der Waals surface area contributed by atoms with E-state index in [4.69, 9.17) is 9.47 Å². The van der Waals surface area contributed by atoms with Gasteiger partial charge in [-0.2, -0.15) is 5.10 Å². The van der Waals surface area contributed by atoms with E-state index in [0.29, 0.717) is 5.13 Å². The number of rotatable bonds is 2. The summed E-state index contributed by atoms with van der Waals surface area (Å²) in [6, 6.07) is 5.85. The summed E-state index contributed by atoms with van der Waals surface area (Å²) in [4.78, 5) is 27.8. The SMILES string of the molecule is Cc1ccc2nc(NN=C3C(=O)OC(C)(C)OC3=O)sc2c1. The maximum absolute atomic E-state index is 11.7. The number of benzene rings is 1. The van der Waals surface area contributed by atoms with Crippen LogP contribution >= 0.6 is 11.3 Å². The average molecular weight is 319 g/mol. The molecule has 8 heteroatoms. The third-order valence-corrected chi connectivity index (χ3v) is 3.79. The number of anilines is 1. The lowest BCUT2D eigenvalue weighted by Crippen LogP contribution is -2.47. The lowest BCUT2D eigenvalue weighted by atomic mass is 10.2. The predicted molar refractivity (Wildman–Crippen MR) is 81.7 cm³/mol. The zero-order chi connectivity index (χ0) is 15.9. The Balaban J connectivity index is 1.83. The Morgan fingerprint density at radius 2 is 1.91 bits per heavy atom. The van der Waals surface area contributed by atoms with Crippen molar-refractivity contribution in [2.45, 2.75) is 26.6 Å². The van der Waals surface area contributed by atoms with Crippen molar-refractivity contribution in [3.8, 4) is 0 Å². The molecule has 1 aliphatic heterocycles. The van der Waals surface area contributed by atoms with Crippen LogP contribution in [-0.4, -0.2) is 28.4 Å². The second-order valence-corrected chi connectivity index (χ2v) is 6.27. The Morgan fingerprint density at radius 3 is 2.59 bits per heavy atom. The summed E-state index contributed by atoms with van der Waals surface area (Å²) in [7, 11) is 0. The highest BCUT2D eigenvalue weighted by molar-refractivity contribution is 7.22. The minimum atomic E-state index is -1.28. The van der Waals surface area contributed by atoms with Crippen LogP contribution in [0, 0.1) is 6.92 Å². The molecule has 114 valence electrons. The van der Waals surface area contributed by atoms with E-state index in [2.05, 4.69) is 15.5 Å². The molecular weight excluding hydrogens is 306 g/mol. The molecule has 0 radical (unpaired) electrons. The highest BCUT2D eigenvalue weighted by atomic mass is 32.1. The average Bonchev–Trinajstić information content (AvgIpc) is 2.78. The van der Waals surface area contributed by atoms with Gasteiger partial charge in [0.25, 0.3) is 11.5 Å². The van der Waals surface area contributed by atoms with Gasteiger partial charge in [0.2, 0.25) is 5.13 Å². The van der Waals surface area contributed by atoms with E-state index in [0.717, 1.165) is 15.8 Å². The quantitative estimate of drug-likeness (QED) is 0.674. The van der Waals surface area contributed by atoms with E-state index in [-0.39, 0.29) is 0 Å². The van der Waals surface area contributed by atoms with Gasteiger partial charge < -0.3 is 9.47 Å². The number of cyclic esters (lactones) is 2. The fraction of sp³-hybridized carbons (Fsp3) is 0.286. The number of hydrogen-bond donors (Lipinski definition) is 1. The second-order valence-electron chi connectivity index (χ2n) is 5.24. The molecule has 1 aliphatic rings. The van der Waals surface area contributed by atoms with Crippen LogP contribution in [0.5, 0.6) is 0 Å². The molecule has 1 aromatic carbocycles. The van der Waals surface area contributed by atoms with Gasteiger partial charge in [0.05, 0.1) is 10.2 Å². The number of carbonyl (C=O) groups is 2. The molecule has 2 heterocycles. The number of esters is 2. The van der Waals surface area contributed by atoms with Gasteiger partial charge in [-0.15, -0.1) is 0 Å². The summed E-state index contributed by atoms with van der Waals surface area (Å²) in [5.74, 6) is -2.93. The first-order valence-electron chi connectivity index (χ1n) is 6.52. The minimum Gasteiger partial charge on any atom is -0.418 e. The molecule has 1 fully saturated rings. The van der Waals surface area contributed by atoms with E-state index < -0.39 is 23.4 Å². The fourth-order valence-corrected chi connectivity index (χ4v) is 2.83. The third kappa shape index (κ3) is 2.77. The summed E-state index contributed by atoms with van der Waals surface area (Å²) in [5.41, 5.74) is 4.10. The first-order valence-corrected chi connectivity index (χ1v) is 7.33. The van der Waals surface area contributed by atoms with Crippen LogP contribution in [0.2, 0.25) is 0 Å². The Morgan fingerprint density at radius 1 is 1.23 bits per heavy atom. The van der Waals surface area contributed by atoms with Crippen molar-refractivity contribution in [1.29, 1.82) is 0 Å². The van der Waals surface area contributed by atoms with Gasteiger partial charge in [-0.3, -0.25) is 5.43 Å². The number of ether oxygens (including phenoxy) is 2. The third-order valence-electron chi connectivity index (χ3n) is 2.87.